The Morgan fingerprint density at radius 2 is 2.05 bits per heavy atom. The van der Waals surface area contributed by atoms with Gasteiger partial charge < -0.3 is 15.0 Å². The Morgan fingerprint density at radius 1 is 1.21 bits per heavy atom. The first-order valence-corrected chi connectivity index (χ1v) is 5.95. The number of imidazole rings is 1. The van der Waals surface area contributed by atoms with Crippen molar-refractivity contribution in [3.8, 4) is 11.6 Å². The lowest BCUT2D eigenvalue weighted by atomic mass is 10.2. The molecule has 0 unspecified atom stereocenters. The van der Waals surface area contributed by atoms with Gasteiger partial charge in [0.1, 0.15) is 0 Å². The molecule has 3 rings (SSSR count). The van der Waals surface area contributed by atoms with E-state index in [-0.39, 0.29) is 0 Å². The monoisotopic (exact) mass is 254 g/mol. The van der Waals surface area contributed by atoms with E-state index in [2.05, 4.69) is 9.97 Å². The number of nitrogen functional groups attached to an aromatic ring is 1. The highest BCUT2D eigenvalue weighted by Gasteiger charge is 2.10. The van der Waals surface area contributed by atoms with Gasteiger partial charge >= 0.3 is 0 Å². The number of anilines is 1. The topological polar surface area (TPSA) is 66.0 Å². The molecule has 2 heterocycles. The van der Waals surface area contributed by atoms with Crippen LogP contribution < -0.4 is 10.5 Å². The maximum Gasteiger partial charge on any atom is 0.247 e. The summed E-state index contributed by atoms with van der Waals surface area (Å²) in [6, 6.07) is 7.56. The summed E-state index contributed by atoms with van der Waals surface area (Å²) < 4.78 is 7.70. The van der Waals surface area contributed by atoms with Crippen LogP contribution in [0.4, 0.5) is 5.69 Å². The molecule has 0 aliphatic rings. The Bertz CT molecular complexity index is 748. The number of ether oxygens (including phenoxy) is 1. The number of pyridine rings is 1. The highest BCUT2D eigenvalue weighted by Crippen LogP contribution is 2.30. The van der Waals surface area contributed by atoms with Crippen molar-refractivity contribution in [3.05, 3.63) is 42.4 Å². The van der Waals surface area contributed by atoms with Crippen LogP contribution in [0.25, 0.3) is 11.0 Å². The Hall–Kier alpha value is -2.56. The number of aryl methyl sites for hydroxylation is 2. The van der Waals surface area contributed by atoms with E-state index < -0.39 is 0 Å². The molecule has 2 N–H and O–H groups in total. The summed E-state index contributed by atoms with van der Waals surface area (Å²) >= 11 is 0. The number of nitrogens with two attached hydrogens (primary N) is 1. The lowest BCUT2D eigenvalue weighted by Crippen LogP contribution is -1.95. The second kappa shape index (κ2) is 4.28. The Kier molecular flexibility index (Phi) is 2.59. The average molecular weight is 254 g/mol. The standard InChI is InChI=1S/C14H14N4O/c1-9-3-4-12(10(15)7-9)19-14-13-11(5-6-16-14)18(2)8-17-13/h3-8H,15H2,1-2H3. The molecule has 0 amide bonds. The van der Waals surface area contributed by atoms with Gasteiger partial charge in [-0.2, -0.15) is 0 Å². The molecule has 1 aromatic carbocycles. The van der Waals surface area contributed by atoms with Crippen LogP contribution >= 0.6 is 0 Å². The lowest BCUT2D eigenvalue weighted by Gasteiger charge is -2.08. The molecular weight excluding hydrogens is 240 g/mol. The van der Waals surface area contributed by atoms with Gasteiger partial charge in [-0.05, 0) is 30.7 Å². The predicted molar refractivity (Wildman–Crippen MR) is 74.2 cm³/mol. The van der Waals surface area contributed by atoms with E-state index >= 15 is 0 Å². The van der Waals surface area contributed by atoms with E-state index in [0.29, 0.717) is 17.3 Å². The normalized spacial score (nSPS) is 10.8. The number of hydrogen-bond donors (Lipinski definition) is 1. The molecule has 0 aliphatic heterocycles. The SMILES string of the molecule is Cc1ccc(Oc2nccc3c2ncn3C)c(N)c1. The number of benzene rings is 1. The maximum absolute atomic E-state index is 5.94. The first-order chi connectivity index (χ1) is 9.15. The predicted octanol–water partition coefficient (Wildman–Crippen LogP) is 2.65. The Morgan fingerprint density at radius 3 is 2.84 bits per heavy atom. The first-order valence-electron chi connectivity index (χ1n) is 5.95. The number of rotatable bonds is 2. The zero-order valence-electron chi connectivity index (χ0n) is 10.8. The quantitative estimate of drug-likeness (QED) is 0.714. The van der Waals surface area contributed by atoms with Gasteiger partial charge in [-0.1, -0.05) is 6.07 Å². The molecule has 0 spiro atoms. The van der Waals surface area contributed by atoms with Crippen molar-refractivity contribution < 1.29 is 4.74 Å². The third-order valence-corrected chi connectivity index (χ3v) is 2.98. The molecule has 0 bridgehead atoms. The van der Waals surface area contributed by atoms with E-state index in [9.17, 15) is 0 Å². The van der Waals surface area contributed by atoms with Crippen molar-refractivity contribution in [2.75, 3.05) is 5.73 Å². The van der Waals surface area contributed by atoms with Gasteiger partial charge in [-0.15, -0.1) is 0 Å². The summed E-state index contributed by atoms with van der Waals surface area (Å²) in [5.41, 5.74) is 9.32. The van der Waals surface area contributed by atoms with Crippen molar-refractivity contribution in [1.82, 2.24) is 14.5 Å². The summed E-state index contributed by atoms with van der Waals surface area (Å²) in [4.78, 5) is 8.52. The van der Waals surface area contributed by atoms with Gasteiger partial charge in [0, 0.05) is 13.2 Å². The van der Waals surface area contributed by atoms with Crippen LogP contribution in [0.1, 0.15) is 5.56 Å². The molecule has 2 aromatic heterocycles. The molecule has 3 aromatic rings. The van der Waals surface area contributed by atoms with E-state index in [1.165, 1.54) is 0 Å². The molecule has 0 radical (unpaired) electrons. The zero-order valence-corrected chi connectivity index (χ0v) is 10.8. The molecule has 0 aliphatic carbocycles. The highest BCUT2D eigenvalue weighted by atomic mass is 16.5. The van der Waals surface area contributed by atoms with E-state index in [4.69, 9.17) is 10.5 Å². The van der Waals surface area contributed by atoms with Crippen molar-refractivity contribution in [2.24, 2.45) is 7.05 Å². The molecule has 96 valence electrons. The second-order valence-corrected chi connectivity index (χ2v) is 4.48. The van der Waals surface area contributed by atoms with Gasteiger partial charge in [0.05, 0.1) is 17.5 Å². The molecular formula is C14H14N4O. The number of hydrogen-bond acceptors (Lipinski definition) is 4. The molecule has 0 saturated heterocycles. The smallest absolute Gasteiger partial charge is 0.247 e. The summed E-state index contributed by atoms with van der Waals surface area (Å²) in [5.74, 6) is 1.06. The minimum absolute atomic E-state index is 0.466. The van der Waals surface area contributed by atoms with Crippen molar-refractivity contribution in [2.45, 2.75) is 6.92 Å². The van der Waals surface area contributed by atoms with Crippen LogP contribution in [0, 0.1) is 6.92 Å². The largest absolute Gasteiger partial charge is 0.435 e. The third kappa shape index (κ3) is 1.99. The minimum atomic E-state index is 0.466. The van der Waals surface area contributed by atoms with Gasteiger partial charge in [0.2, 0.25) is 5.88 Å². The van der Waals surface area contributed by atoms with Crippen molar-refractivity contribution in [3.63, 3.8) is 0 Å². The number of aromatic nitrogens is 3. The fourth-order valence-corrected chi connectivity index (χ4v) is 1.98. The molecule has 5 nitrogen and oxygen atoms in total. The van der Waals surface area contributed by atoms with Crippen LogP contribution in [0.5, 0.6) is 11.6 Å². The Balaban J connectivity index is 2.06. The average Bonchev–Trinajstić information content (AvgIpc) is 2.76. The fourth-order valence-electron chi connectivity index (χ4n) is 1.98. The minimum Gasteiger partial charge on any atom is -0.435 e. The van der Waals surface area contributed by atoms with Crippen LogP contribution in [0.2, 0.25) is 0 Å². The van der Waals surface area contributed by atoms with E-state index in [0.717, 1.165) is 16.6 Å². The van der Waals surface area contributed by atoms with Crippen LogP contribution in [0.3, 0.4) is 0 Å². The summed E-state index contributed by atoms with van der Waals surface area (Å²) in [6.45, 7) is 1.98. The number of nitrogens with zero attached hydrogens (tertiary/aromatic N) is 3. The highest BCUT2D eigenvalue weighted by molar-refractivity contribution is 5.80. The number of fused-ring (bicyclic) bond motifs is 1. The van der Waals surface area contributed by atoms with Crippen LogP contribution in [-0.4, -0.2) is 14.5 Å². The molecule has 0 saturated carbocycles. The first kappa shape index (κ1) is 11.5. The third-order valence-electron chi connectivity index (χ3n) is 2.98. The van der Waals surface area contributed by atoms with E-state index in [1.807, 2.05) is 42.8 Å². The zero-order chi connectivity index (χ0) is 13.4. The second-order valence-electron chi connectivity index (χ2n) is 4.48. The van der Waals surface area contributed by atoms with Crippen LogP contribution in [-0.2, 0) is 7.05 Å². The van der Waals surface area contributed by atoms with Crippen molar-refractivity contribution >= 4 is 16.7 Å². The van der Waals surface area contributed by atoms with Gasteiger partial charge in [0.15, 0.2) is 11.3 Å². The summed E-state index contributed by atoms with van der Waals surface area (Å²) in [6.07, 6.45) is 3.43. The van der Waals surface area contributed by atoms with Crippen LogP contribution in [0.15, 0.2) is 36.8 Å². The van der Waals surface area contributed by atoms with Crippen molar-refractivity contribution in [1.29, 1.82) is 0 Å². The maximum atomic E-state index is 5.94. The Labute approximate surface area is 110 Å². The molecule has 0 fully saturated rings. The van der Waals surface area contributed by atoms with Gasteiger partial charge in [-0.25, -0.2) is 9.97 Å². The van der Waals surface area contributed by atoms with Gasteiger partial charge in [-0.3, -0.25) is 0 Å². The molecule has 5 heteroatoms. The van der Waals surface area contributed by atoms with E-state index in [1.54, 1.807) is 12.5 Å². The summed E-state index contributed by atoms with van der Waals surface area (Å²) in [5, 5.41) is 0. The molecule has 0 atom stereocenters. The lowest BCUT2D eigenvalue weighted by molar-refractivity contribution is 0.470. The van der Waals surface area contributed by atoms with Gasteiger partial charge in [0.25, 0.3) is 0 Å². The summed E-state index contributed by atoms with van der Waals surface area (Å²) in [7, 11) is 1.93. The fraction of sp³-hybridized carbons (Fsp3) is 0.143. The molecule has 19 heavy (non-hydrogen) atoms.